The van der Waals surface area contributed by atoms with E-state index in [-0.39, 0.29) is 0 Å². The molecule has 3 rings (SSSR count). The first kappa shape index (κ1) is 16.0. The molecule has 23 heavy (non-hydrogen) atoms. The van der Waals surface area contributed by atoms with Gasteiger partial charge in [-0.25, -0.2) is 0 Å². The van der Waals surface area contributed by atoms with Crippen LogP contribution in [0.5, 0.6) is 17.2 Å². The quantitative estimate of drug-likeness (QED) is 0.726. The van der Waals surface area contributed by atoms with Gasteiger partial charge in [0.2, 0.25) is 0 Å². The Morgan fingerprint density at radius 1 is 0.826 bits per heavy atom. The van der Waals surface area contributed by atoms with Crippen LogP contribution in [0, 0.1) is 0 Å². The van der Waals surface area contributed by atoms with E-state index in [1.54, 1.807) is 25.8 Å². The summed E-state index contributed by atoms with van der Waals surface area (Å²) in [6.07, 6.45) is 2.30. The van der Waals surface area contributed by atoms with Crippen molar-refractivity contribution in [1.82, 2.24) is 0 Å². The van der Waals surface area contributed by atoms with Gasteiger partial charge in [0.05, 0.1) is 0 Å². The van der Waals surface area contributed by atoms with Crippen LogP contribution in [0.2, 0.25) is 0 Å². The van der Waals surface area contributed by atoms with Crippen LogP contribution in [0.25, 0.3) is 5.57 Å². The molecule has 4 heteroatoms. The van der Waals surface area contributed by atoms with Crippen molar-refractivity contribution >= 4 is 25.0 Å². The fourth-order valence-electron chi connectivity index (χ4n) is 2.66. The molecule has 0 N–H and O–H groups in total. The first-order valence-electron chi connectivity index (χ1n) is 7.52. The van der Waals surface area contributed by atoms with Crippen LogP contribution in [-0.2, 0) is 0 Å². The van der Waals surface area contributed by atoms with E-state index < -0.39 is 0 Å². The van der Waals surface area contributed by atoms with E-state index in [9.17, 15) is 0 Å². The van der Waals surface area contributed by atoms with Crippen molar-refractivity contribution in [3.05, 3.63) is 52.5 Å². The van der Waals surface area contributed by atoms with Crippen molar-refractivity contribution in [1.29, 1.82) is 0 Å². The molecule has 1 aliphatic rings. The second-order valence-electron chi connectivity index (χ2n) is 5.23. The molecule has 0 bridgehead atoms. The monoisotopic (exact) mass is 376 g/mol. The topological polar surface area (TPSA) is 27.7 Å². The fourth-order valence-corrected chi connectivity index (χ4v) is 5.02. The molecule has 120 valence electrons. The number of hydrogen-bond acceptors (Lipinski definition) is 3. The van der Waals surface area contributed by atoms with Gasteiger partial charge in [-0.15, -0.1) is 0 Å². The fraction of sp³-hybridized carbons (Fsp3) is 0.263. The third kappa shape index (κ3) is 3.24. The number of allylic oxidation sites excluding steroid dienone is 2. The molecule has 0 fully saturated rings. The van der Waals surface area contributed by atoms with Crippen LogP contribution in [0.4, 0.5) is 0 Å². The predicted molar refractivity (Wildman–Crippen MR) is 94.1 cm³/mol. The van der Waals surface area contributed by atoms with E-state index in [1.807, 2.05) is 0 Å². The Morgan fingerprint density at radius 3 is 1.96 bits per heavy atom. The van der Waals surface area contributed by atoms with Gasteiger partial charge >= 0.3 is 143 Å². The maximum atomic E-state index is 5.47. The molecule has 0 saturated carbocycles. The average Bonchev–Trinajstić information content (AvgIpc) is 2.58. The van der Waals surface area contributed by atoms with E-state index in [1.165, 1.54) is 22.0 Å². The molecule has 0 spiro atoms. The summed E-state index contributed by atoms with van der Waals surface area (Å²) in [6.45, 7) is 0. The number of hydrogen-bond donors (Lipinski definition) is 0. The Balaban J connectivity index is 1.96. The SMILES string of the molecule is COc1cc(C2=C([Se]c3ccccc3)CC2)cc(OC)c1OC. The average molecular weight is 375 g/mol. The Hall–Kier alpha value is -1.90. The van der Waals surface area contributed by atoms with Crippen molar-refractivity contribution in [3.63, 3.8) is 0 Å². The summed E-state index contributed by atoms with van der Waals surface area (Å²) >= 11 is 0.384. The molecular formula is C19H20O3Se. The van der Waals surface area contributed by atoms with E-state index in [0.717, 1.165) is 6.42 Å². The zero-order chi connectivity index (χ0) is 16.2. The normalized spacial score (nSPS) is 13.5. The van der Waals surface area contributed by atoms with Crippen LogP contribution < -0.4 is 18.7 Å². The summed E-state index contributed by atoms with van der Waals surface area (Å²) in [5.74, 6) is 2.08. The zero-order valence-corrected chi connectivity index (χ0v) is 15.3. The molecule has 0 aromatic heterocycles. The maximum absolute atomic E-state index is 5.47. The van der Waals surface area contributed by atoms with Gasteiger partial charge in [0.25, 0.3) is 0 Å². The van der Waals surface area contributed by atoms with Gasteiger partial charge in [-0.3, -0.25) is 0 Å². The summed E-state index contributed by atoms with van der Waals surface area (Å²) < 4.78 is 19.3. The van der Waals surface area contributed by atoms with Crippen LogP contribution in [0.15, 0.2) is 46.9 Å². The molecule has 0 amide bonds. The van der Waals surface area contributed by atoms with E-state index in [4.69, 9.17) is 14.2 Å². The molecule has 0 heterocycles. The Morgan fingerprint density at radius 2 is 1.48 bits per heavy atom. The van der Waals surface area contributed by atoms with Gasteiger partial charge in [0.15, 0.2) is 0 Å². The number of ether oxygens (including phenoxy) is 3. The molecule has 0 unspecified atom stereocenters. The molecule has 3 nitrogen and oxygen atoms in total. The zero-order valence-electron chi connectivity index (χ0n) is 13.6. The first-order chi connectivity index (χ1) is 11.3. The number of rotatable bonds is 6. The molecule has 0 aliphatic heterocycles. The minimum absolute atomic E-state index is 0.384. The Labute approximate surface area is 143 Å². The molecule has 0 atom stereocenters. The second kappa shape index (κ2) is 7.12. The van der Waals surface area contributed by atoms with Crippen LogP contribution in [0.1, 0.15) is 18.4 Å². The summed E-state index contributed by atoms with van der Waals surface area (Å²) in [5.41, 5.74) is 2.60. The van der Waals surface area contributed by atoms with Crippen molar-refractivity contribution < 1.29 is 14.2 Å². The van der Waals surface area contributed by atoms with E-state index in [2.05, 4.69) is 42.5 Å². The van der Waals surface area contributed by atoms with Gasteiger partial charge in [0.1, 0.15) is 0 Å². The van der Waals surface area contributed by atoms with Gasteiger partial charge < -0.3 is 0 Å². The molecular weight excluding hydrogens is 355 g/mol. The van der Waals surface area contributed by atoms with E-state index >= 15 is 0 Å². The van der Waals surface area contributed by atoms with Crippen molar-refractivity contribution in [2.75, 3.05) is 21.3 Å². The van der Waals surface area contributed by atoms with Crippen molar-refractivity contribution in [2.24, 2.45) is 0 Å². The van der Waals surface area contributed by atoms with Crippen LogP contribution in [0.3, 0.4) is 0 Å². The van der Waals surface area contributed by atoms with E-state index in [0.29, 0.717) is 32.2 Å². The standard InChI is InChI=1S/C19H20O3Se/c1-20-16-11-13(12-17(21-2)19(16)22-3)15-9-10-18(15)23-14-7-5-4-6-8-14/h4-8,11-12H,9-10H2,1-3H3. The van der Waals surface area contributed by atoms with Gasteiger partial charge in [0, 0.05) is 0 Å². The second-order valence-corrected chi connectivity index (χ2v) is 7.68. The molecule has 0 saturated heterocycles. The number of methoxy groups -OCH3 is 3. The third-order valence-electron chi connectivity index (χ3n) is 3.94. The summed E-state index contributed by atoms with van der Waals surface area (Å²) in [7, 11) is 4.95. The molecule has 2 aromatic rings. The number of benzene rings is 2. The van der Waals surface area contributed by atoms with Gasteiger partial charge in [-0.1, -0.05) is 0 Å². The molecule has 2 aromatic carbocycles. The van der Waals surface area contributed by atoms with Crippen LogP contribution >= 0.6 is 0 Å². The summed E-state index contributed by atoms with van der Waals surface area (Å²) in [6, 6.07) is 14.8. The Kier molecular flexibility index (Phi) is 4.94. The minimum atomic E-state index is 0.384. The van der Waals surface area contributed by atoms with Gasteiger partial charge in [-0.2, -0.15) is 0 Å². The third-order valence-corrected chi connectivity index (χ3v) is 6.46. The Bertz CT molecular complexity index is 698. The predicted octanol–water partition coefficient (Wildman–Crippen LogP) is 3.25. The molecule has 0 radical (unpaired) electrons. The molecule has 1 aliphatic carbocycles. The first-order valence-corrected chi connectivity index (χ1v) is 9.23. The summed E-state index contributed by atoms with van der Waals surface area (Å²) in [5, 5.41) is 0. The summed E-state index contributed by atoms with van der Waals surface area (Å²) in [4.78, 5) is 0. The van der Waals surface area contributed by atoms with Crippen molar-refractivity contribution in [3.8, 4) is 17.2 Å². The van der Waals surface area contributed by atoms with Crippen molar-refractivity contribution in [2.45, 2.75) is 12.8 Å². The van der Waals surface area contributed by atoms with Gasteiger partial charge in [-0.05, 0) is 0 Å². The van der Waals surface area contributed by atoms with Crippen LogP contribution in [-0.4, -0.2) is 36.3 Å².